The maximum absolute atomic E-state index is 3.48. The summed E-state index contributed by atoms with van der Waals surface area (Å²) in [6.07, 6.45) is 7.13. The van der Waals surface area contributed by atoms with Crippen LogP contribution in [-0.4, -0.2) is 62.7 Å². The highest BCUT2D eigenvalue weighted by molar-refractivity contribution is 4.94. The van der Waals surface area contributed by atoms with Crippen molar-refractivity contribution < 1.29 is 0 Å². The Balaban J connectivity index is 1.48. The number of hydrogen-bond donors (Lipinski definition) is 1. The molecular formula is C15H29N3. The lowest BCUT2D eigenvalue weighted by atomic mass is 9.78. The van der Waals surface area contributed by atoms with E-state index in [0.29, 0.717) is 5.41 Å². The molecule has 0 radical (unpaired) electrons. The monoisotopic (exact) mass is 251 g/mol. The number of rotatable bonds is 2. The van der Waals surface area contributed by atoms with Crippen molar-refractivity contribution >= 4 is 0 Å². The second-order valence-corrected chi connectivity index (χ2v) is 6.98. The van der Waals surface area contributed by atoms with Gasteiger partial charge in [-0.15, -0.1) is 0 Å². The van der Waals surface area contributed by atoms with Crippen LogP contribution >= 0.6 is 0 Å². The van der Waals surface area contributed by atoms with E-state index in [1.165, 1.54) is 77.9 Å². The van der Waals surface area contributed by atoms with E-state index in [4.69, 9.17) is 0 Å². The second kappa shape index (κ2) is 5.48. The Morgan fingerprint density at radius 1 is 1.06 bits per heavy atom. The van der Waals surface area contributed by atoms with E-state index < -0.39 is 0 Å². The van der Waals surface area contributed by atoms with Crippen molar-refractivity contribution in [2.24, 2.45) is 11.3 Å². The maximum atomic E-state index is 3.48. The zero-order valence-corrected chi connectivity index (χ0v) is 12.0. The first-order valence-corrected chi connectivity index (χ1v) is 7.87. The number of hydrogen-bond acceptors (Lipinski definition) is 3. The van der Waals surface area contributed by atoms with Crippen molar-refractivity contribution in [2.45, 2.75) is 32.1 Å². The van der Waals surface area contributed by atoms with Crippen LogP contribution in [0.4, 0.5) is 0 Å². The molecule has 3 heterocycles. The van der Waals surface area contributed by atoms with Gasteiger partial charge >= 0.3 is 0 Å². The van der Waals surface area contributed by atoms with Crippen LogP contribution in [0.15, 0.2) is 0 Å². The molecule has 3 saturated heterocycles. The highest BCUT2D eigenvalue weighted by Crippen LogP contribution is 2.40. The van der Waals surface area contributed by atoms with E-state index in [1.54, 1.807) is 0 Å². The summed E-state index contributed by atoms with van der Waals surface area (Å²) in [5.41, 5.74) is 0.694. The molecule has 0 aromatic rings. The molecule has 0 aliphatic carbocycles. The number of likely N-dealkylation sites (tertiary alicyclic amines) is 2. The quantitative estimate of drug-likeness (QED) is 0.800. The van der Waals surface area contributed by atoms with Crippen LogP contribution in [0.2, 0.25) is 0 Å². The number of nitrogens with zero attached hydrogens (tertiary/aromatic N) is 2. The average molecular weight is 251 g/mol. The highest BCUT2D eigenvalue weighted by atomic mass is 15.2. The van der Waals surface area contributed by atoms with Crippen LogP contribution < -0.4 is 5.32 Å². The third kappa shape index (κ3) is 2.89. The SMILES string of the molecule is CN1CCC2(CC1)CCN(CC1CCNCC1)C2. The zero-order valence-electron chi connectivity index (χ0n) is 12.0. The van der Waals surface area contributed by atoms with Gasteiger partial charge in [0.1, 0.15) is 0 Å². The molecule has 104 valence electrons. The maximum Gasteiger partial charge on any atom is 0.00395 e. The summed E-state index contributed by atoms with van der Waals surface area (Å²) < 4.78 is 0. The molecule has 3 aliphatic rings. The van der Waals surface area contributed by atoms with E-state index in [0.717, 1.165) is 5.92 Å². The Labute approximate surface area is 112 Å². The smallest absolute Gasteiger partial charge is 0.00395 e. The Hall–Kier alpha value is -0.120. The molecule has 0 bridgehead atoms. The van der Waals surface area contributed by atoms with Crippen molar-refractivity contribution in [2.75, 3.05) is 52.9 Å². The van der Waals surface area contributed by atoms with E-state index in [1.807, 2.05) is 0 Å². The summed E-state index contributed by atoms with van der Waals surface area (Å²) in [7, 11) is 2.27. The summed E-state index contributed by atoms with van der Waals surface area (Å²) in [4.78, 5) is 5.28. The summed E-state index contributed by atoms with van der Waals surface area (Å²) in [5.74, 6) is 0.965. The molecule has 0 atom stereocenters. The lowest BCUT2D eigenvalue weighted by Crippen LogP contribution is -2.41. The molecule has 3 nitrogen and oxygen atoms in total. The Bertz CT molecular complexity index is 265. The molecule has 0 unspecified atom stereocenters. The first-order chi connectivity index (χ1) is 8.76. The van der Waals surface area contributed by atoms with Crippen LogP contribution in [-0.2, 0) is 0 Å². The first-order valence-electron chi connectivity index (χ1n) is 7.87. The van der Waals surface area contributed by atoms with Gasteiger partial charge in [-0.2, -0.15) is 0 Å². The molecule has 3 rings (SSSR count). The van der Waals surface area contributed by atoms with Gasteiger partial charge in [-0.3, -0.25) is 0 Å². The lowest BCUT2D eigenvalue weighted by Gasteiger charge is -2.38. The largest absolute Gasteiger partial charge is 0.317 e. The van der Waals surface area contributed by atoms with Crippen molar-refractivity contribution in [1.82, 2.24) is 15.1 Å². The molecule has 18 heavy (non-hydrogen) atoms. The van der Waals surface area contributed by atoms with Crippen LogP contribution in [0, 0.1) is 11.3 Å². The third-order valence-corrected chi connectivity index (χ3v) is 5.54. The highest BCUT2D eigenvalue weighted by Gasteiger charge is 2.40. The molecular weight excluding hydrogens is 222 g/mol. The van der Waals surface area contributed by atoms with Crippen LogP contribution in [0.3, 0.4) is 0 Å². The fourth-order valence-electron chi connectivity index (χ4n) is 4.11. The van der Waals surface area contributed by atoms with Gasteiger partial charge in [0.2, 0.25) is 0 Å². The molecule has 3 aliphatic heterocycles. The van der Waals surface area contributed by atoms with Gasteiger partial charge in [-0.05, 0) is 83.2 Å². The van der Waals surface area contributed by atoms with E-state index >= 15 is 0 Å². The van der Waals surface area contributed by atoms with Crippen molar-refractivity contribution in [3.05, 3.63) is 0 Å². The average Bonchev–Trinajstić information content (AvgIpc) is 2.78. The zero-order chi connectivity index (χ0) is 12.4. The number of nitrogens with one attached hydrogen (secondary N) is 1. The summed E-state index contributed by atoms with van der Waals surface area (Å²) in [6.45, 7) is 9.27. The van der Waals surface area contributed by atoms with Gasteiger partial charge in [0.25, 0.3) is 0 Å². The molecule has 3 fully saturated rings. The molecule has 0 amide bonds. The molecule has 0 aromatic carbocycles. The van der Waals surface area contributed by atoms with E-state index in [-0.39, 0.29) is 0 Å². The fourth-order valence-corrected chi connectivity index (χ4v) is 4.11. The minimum Gasteiger partial charge on any atom is -0.317 e. The van der Waals surface area contributed by atoms with Gasteiger partial charge in [0.05, 0.1) is 0 Å². The summed E-state index contributed by atoms with van der Waals surface area (Å²) in [6, 6.07) is 0. The van der Waals surface area contributed by atoms with Gasteiger partial charge in [0, 0.05) is 13.1 Å². The van der Waals surface area contributed by atoms with Crippen molar-refractivity contribution in [1.29, 1.82) is 0 Å². The fraction of sp³-hybridized carbons (Fsp3) is 1.00. The summed E-state index contributed by atoms with van der Waals surface area (Å²) in [5, 5.41) is 3.48. The third-order valence-electron chi connectivity index (χ3n) is 5.54. The second-order valence-electron chi connectivity index (χ2n) is 6.98. The van der Waals surface area contributed by atoms with Gasteiger partial charge in [0.15, 0.2) is 0 Å². The van der Waals surface area contributed by atoms with Gasteiger partial charge in [-0.1, -0.05) is 0 Å². The summed E-state index contributed by atoms with van der Waals surface area (Å²) >= 11 is 0. The Kier molecular flexibility index (Phi) is 3.92. The minimum atomic E-state index is 0.694. The van der Waals surface area contributed by atoms with Crippen LogP contribution in [0.5, 0.6) is 0 Å². The van der Waals surface area contributed by atoms with Crippen molar-refractivity contribution in [3.63, 3.8) is 0 Å². The first kappa shape index (κ1) is 12.9. The van der Waals surface area contributed by atoms with Gasteiger partial charge < -0.3 is 15.1 Å². The standard InChI is InChI=1S/C15H29N3/c1-17-9-4-15(5-10-17)6-11-18(13-15)12-14-2-7-16-8-3-14/h14,16H,2-13H2,1H3. The topological polar surface area (TPSA) is 18.5 Å². The van der Waals surface area contributed by atoms with E-state index in [2.05, 4.69) is 22.2 Å². The lowest BCUT2D eigenvalue weighted by molar-refractivity contribution is 0.120. The van der Waals surface area contributed by atoms with Gasteiger partial charge in [-0.25, -0.2) is 0 Å². The predicted octanol–water partition coefficient (Wildman–Crippen LogP) is 1.40. The number of piperidine rings is 2. The Morgan fingerprint density at radius 3 is 2.44 bits per heavy atom. The predicted molar refractivity (Wildman–Crippen MR) is 75.8 cm³/mol. The molecule has 0 saturated carbocycles. The van der Waals surface area contributed by atoms with Crippen molar-refractivity contribution in [3.8, 4) is 0 Å². The minimum absolute atomic E-state index is 0.694. The van der Waals surface area contributed by atoms with E-state index in [9.17, 15) is 0 Å². The van der Waals surface area contributed by atoms with Crippen LogP contribution in [0.1, 0.15) is 32.1 Å². The molecule has 0 aromatic heterocycles. The van der Waals surface area contributed by atoms with Crippen LogP contribution in [0.25, 0.3) is 0 Å². The Morgan fingerprint density at radius 2 is 1.72 bits per heavy atom. The molecule has 3 heteroatoms. The molecule has 1 spiro atoms. The normalized spacial score (nSPS) is 31.2. The molecule has 1 N–H and O–H groups in total.